The summed E-state index contributed by atoms with van der Waals surface area (Å²) < 4.78 is 32.5. The van der Waals surface area contributed by atoms with Crippen LogP contribution in [0.3, 0.4) is 0 Å². The Hall–Kier alpha value is -3.68. The predicted octanol–water partition coefficient (Wildman–Crippen LogP) is 4.99. The van der Waals surface area contributed by atoms with Crippen molar-refractivity contribution in [1.29, 1.82) is 0 Å². The summed E-state index contributed by atoms with van der Waals surface area (Å²) in [6.45, 7) is 2.91. The zero-order valence-corrected chi connectivity index (χ0v) is 19.7. The average molecular weight is 474 g/mol. The van der Waals surface area contributed by atoms with E-state index in [1.807, 2.05) is 55.5 Å². The quantitative estimate of drug-likeness (QED) is 0.356. The van der Waals surface area contributed by atoms with Crippen molar-refractivity contribution < 1.29 is 13.2 Å². The summed E-state index contributed by atoms with van der Waals surface area (Å²) in [6, 6.07) is 29.3. The molecule has 0 aliphatic rings. The molecule has 34 heavy (non-hydrogen) atoms. The zero-order valence-electron chi connectivity index (χ0n) is 18.9. The Balaban J connectivity index is 1.57. The molecular weight excluding hydrogens is 446 g/mol. The van der Waals surface area contributed by atoms with Gasteiger partial charge in [0.05, 0.1) is 17.2 Å². The van der Waals surface area contributed by atoms with E-state index in [4.69, 9.17) is 10.5 Å². The van der Waals surface area contributed by atoms with Crippen LogP contribution in [0.25, 0.3) is 11.1 Å². The van der Waals surface area contributed by atoms with Crippen molar-refractivity contribution in [2.24, 2.45) is 0 Å². The van der Waals surface area contributed by atoms with Gasteiger partial charge in [0.1, 0.15) is 11.6 Å². The van der Waals surface area contributed by atoms with Crippen LogP contribution in [0, 0.1) is 0 Å². The van der Waals surface area contributed by atoms with E-state index in [2.05, 4.69) is 10.3 Å². The molecule has 174 valence electrons. The van der Waals surface area contributed by atoms with Crippen molar-refractivity contribution in [2.75, 3.05) is 12.3 Å². The van der Waals surface area contributed by atoms with Gasteiger partial charge in [-0.05, 0) is 60.0 Å². The van der Waals surface area contributed by atoms with Crippen LogP contribution in [-0.2, 0) is 16.4 Å². The topological polar surface area (TPSA) is 94.3 Å². The number of ether oxygens (including phenoxy) is 1. The SMILES string of the molecule is CCOc1cccc(-c2ccc(CNC(c3cccc(N)n3)S(=O)(=O)c3ccccc3)cc2)c1. The summed E-state index contributed by atoms with van der Waals surface area (Å²) in [5.74, 6) is 1.10. The Bertz CT molecular complexity index is 1340. The highest BCUT2D eigenvalue weighted by atomic mass is 32.2. The molecule has 4 aromatic rings. The smallest absolute Gasteiger partial charge is 0.200 e. The first-order valence-corrected chi connectivity index (χ1v) is 12.6. The number of anilines is 1. The van der Waals surface area contributed by atoms with Crippen LogP contribution in [0.1, 0.15) is 23.6 Å². The van der Waals surface area contributed by atoms with Crippen LogP contribution in [0.2, 0.25) is 0 Å². The average Bonchev–Trinajstić information content (AvgIpc) is 2.85. The first-order valence-electron chi connectivity index (χ1n) is 11.0. The maximum Gasteiger partial charge on any atom is 0.200 e. The third-order valence-electron chi connectivity index (χ3n) is 5.37. The maximum absolute atomic E-state index is 13.4. The van der Waals surface area contributed by atoms with Crippen LogP contribution in [0.4, 0.5) is 5.82 Å². The lowest BCUT2D eigenvalue weighted by atomic mass is 10.0. The molecule has 1 aromatic heterocycles. The Morgan fingerprint density at radius 3 is 2.32 bits per heavy atom. The van der Waals surface area contributed by atoms with Crippen LogP contribution < -0.4 is 15.8 Å². The lowest BCUT2D eigenvalue weighted by Crippen LogP contribution is -2.29. The van der Waals surface area contributed by atoms with Crippen molar-refractivity contribution >= 4 is 15.7 Å². The highest BCUT2D eigenvalue weighted by molar-refractivity contribution is 7.91. The minimum absolute atomic E-state index is 0.223. The van der Waals surface area contributed by atoms with Gasteiger partial charge in [-0.3, -0.25) is 5.32 Å². The van der Waals surface area contributed by atoms with E-state index in [-0.39, 0.29) is 10.7 Å². The van der Waals surface area contributed by atoms with E-state index in [0.29, 0.717) is 18.8 Å². The van der Waals surface area contributed by atoms with E-state index < -0.39 is 15.2 Å². The highest BCUT2D eigenvalue weighted by Gasteiger charge is 2.30. The second-order valence-electron chi connectivity index (χ2n) is 7.76. The third kappa shape index (κ3) is 5.44. The number of benzene rings is 3. The molecule has 0 spiro atoms. The number of nitrogens with zero attached hydrogens (tertiary/aromatic N) is 1. The Morgan fingerprint density at radius 2 is 1.62 bits per heavy atom. The highest BCUT2D eigenvalue weighted by Crippen LogP contribution is 2.27. The van der Waals surface area contributed by atoms with Crippen LogP contribution in [0.15, 0.2) is 102 Å². The summed E-state index contributed by atoms with van der Waals surface area (Å²) in [5.41, 5.74) is 9.25. The van der Waals surface area contributed by atoms with Gasteiger partial charge in [0.25, 0.3) is 0 Å². The molecule has 0 bridgehead atoms. The van der Waals surface area contributed by atoms with Gasteiger partial charge >= 0.3 is 0 Å². The largest absolute Gasteiger partial charge is 0.494 e. The predicted molar refractivity (Wildman–Crippen MR) is 135 cm³/mol. The minimum Gasteiger partial charge on any atom is -0.494 e. The second-order valence-corrected chi connectivity index (χ2v) is 9.80. The summed E-state index contributed by atoms with van der Waals surface area (Å²) in [4.78, 5) is 4.50. The van der Waals surface area contributed by atoms with E-state index >= 15 is 0 Å². The van der Waals surface area contributed by atoms with E-state index in [0.717, 1.165) is 22.4 Å². The molecule has 0 saturated carbocycles. The Morgan fingerprint density at radius 1 is 0.882 bits per heavy atom. The van der Waals surface area contributed by atoms with E-state index in [9.17, 15) is 8.42 Å². The monoisotopic (exact) mass is 473 g/mol. The fourth-order valence-electron chi connectivity index (χ4n) is 3.69. The van der Waals surface area contributed by atoms with Gasteiger partial charge in [-0.2, -0.15) is 0 Å². The molecule has 1 atom stereocenters. The van der Waals surface area contributed by atoms with Gasteiger partial charge in [0.2, 0.25) is 0 Å². The van der Waals surface area contributed by atoms with Gasteiger partial charge in [-0.1, -0.05) is 60.7 Å². The third-order valence-corrected chi connectivity index (χ3v) is 7.32. The number of nitrogens with two attached hydrogens (primary N) is 1. The summed E-state index contributed by atoms with van der Waals surface area (Å²) >= 11 is 0. The first kappa shape index (κ1) is 23.5. The molecule has 7 heteroatoms. The van der Waals surface area contributed by atoms with Crippen molar-refractivity contribution in [3.05, 3.63) is 108 Å². The minimum atomic E-state index is -3.75. The Kier molecular flexibility index (Phi) is 7.25. The Labute approximate surface area is 200 Å². The van der Waals surface area contributed by atoms with E-state index in [1.54, 1.807) is 48.5 Å². The van der Waals surface area contributed by atoms with Crippen molar-refractivity contribution in [1.82, 2.24) is 10.3 Å². The van der Waals surface area contributed by atoms with Gasteiger partial charge < -0.3 is 10.5 Å². The fraction of sp³-hybridized carbons (Fsp3) is 0.148. The molecule has 1 heterocycles. The molecule has 4 rings (SSSR count). The number of hydrogen-bond donors (Lipinski definition) is 2. The summed E-state index contributed by atoms with van der Waals surface area (Å²) in [6.07, 6.45) is 0. The summed E-state index contributed by atoms with van der Waals surface area (Å²) in [7, 11) is -3.75. The molecule has 0 saturated heterocycles. The number of hydrogen-bond acceptors (Lipinski definition) is 6. The van der Waals surface area contributed by atoms with Crippen molar-refractivity contribution in [3.63, 3.8) is 0 Å². The molecule has 0 amide bonds. The normalized spacial score (nSPS) is 12.3. The maximum atomic E-state index is 13.4. The molecule has 0 aliphatic carbocycles. The van der Waals surface area contributed by atoms with Gasteiger partial charge in [0.15, 0.2) is 15.2 Å². The van der Waals surface area contributed by atoms with Gasteiger partial charge in [-0.25, -0.2) is 13.4 Å². The lowest BCUT2D eigenvalue weighted by molar-refractivity contribution is 0.340. The molecule has 1 unspecified atom stereocenters. The second kappa shape index (κ2) is 10.5. The molecule has 0 fully saturated rings. The van der Waals surface area contributed by atoms with Crippen LogP contribution >= 0.6 is 0 Å². The van der Waals surface area contributed by atoms with Crippen molar-refractivity contribution in [3.8, 4) is 16.9 Å². The molecule has 0 radical (unpaired) electrons. The number of nitrogens with one attached hydrogen (secondary N) is 1. The van der Waals surface area contributed by atoms with Crippen LogP contribution in [0.5, 0.6) is 5.75 Å². The molecule has 3 aromatic carbocycles. The number of rotatable bonds is 9. The lowest BCUT2D eigenvalue weighted by Gasteiger charge is -2.19. The van der Waals surface area contributed by atoms with Crippen molar-refractivity contribution in [2.45, 2.75) is 23.7 Å². The molecule has 0 aliphatic heterocycles. The number of sulfone groups is 1. The fourth-order valence-corrected chi connectivity index (χ4v) is 5.25. The van der Waals surface area contributed by atoms with E-state index in [1.165, 1.54) is 0 Å². The first-order chi connectivity index (χ1) is 16.5. The molecule has 3 N–H and O–H groups in total. The zero-order chi connectivity index (χ0) is 24.0. The van der Waals surface area contributed by atoms with Gasteiger partial charge in [0, 0.05) is 6.54 Å². The number of pyridine rings is 1. The summed E-state index contributed by atoms with van der Waals surface area (Å²) in [5, 5.41) is 2.14. The standard InChI is InChI=1S/C27H27N3O3S/c1-2-33-23-9-6-8-22(18-23)21-16-14-20(15-17-21)19-29-27(25-12-7-13-26(28)30-25)34(31,32)24-10-4-3-5-11-24/h3-18,27,29H,2,19H2,1H3,(H2,28,30). The van der Waals surface area contributed by atoms with Gasteiger partial charge in [-0.15, -0.1) is 0 Å². The molecular formula is C27H27N3O3S. The molecule has 6 nitrogen and oxygen atoms in total. The van der Waals surface area contributed by atoms with Crippen LogP contribution in [-0.4, -0.2) is 20.0 Å². The number of nitrogen functional groups attached to an aromatic ring is 1. The number of aromatic nitrogens is 1.